The summed E-state index contributed by atoms with van der Waals surface area (Å²) < 4.78 is 14.1. The molecule has 0 amide bonds. The lowest BCUT2D eigenvalue weighted by molar-refractivity contribution is 0.308. The number of rotatable bonds is 5. The molecule has 2 nitrogen and oxygen atoms in total. The zero-order valence-corrected chi connectivity index (χ0v) is 15.5. The molecule has 0 spiro atoms. The number of hydrogen-bond donors (Lipinski definition) is 1. The van der Waals surface area contributed by atoms with Crippen LogP contribution in [0, 0.1) is 5.82 Å². The van der Waals surface area contributed by atoms with Crippen molar-refractivity contribution in [2.75, 3.05) is 5.32 Å². The van der Waals surface area contributed by atoms with E-state index in [-0.39, 0.29) is 5.82 Å². The molecule has 0 aliphatic heterocycles. The Labute approximate surface area is 155 Å². The molecule has 4 heteroatoms. The van der Waals surface area contributed by atoms with Crippen LogP contribution in [-0.4, -0.2) is 16.1 Å². The van der Waals surface area contributed by atoms with Gasteiger partial charge < -0.3 is 10.2 Å². The highest BCUT2D eigenvalue weighted by Gasteiger charge is 2.25. The van der Waals surface area contributed by atoms with Gasteiger partial charge in [0.05, 0.1) is 0 Å². The monoisotopic (exact) mass is 356 g/mol. The molecule has 1 aliphatic rings. The molecule has 3 rings (SSSR count). The van der Waals surface area contributed by atoms with E-state index in [1.165, 1.54) is 24.5 Å². The highest BCUT2D eigenvalue weighted by molar-refractivity contribution is 7.80. The summed E-state index contributed by atoms with van der Waals surface area (Å²) in [5.74, 6) is -0.166. The standard InChI is InChI=1S/C21H25FN2S/c1-2-16-11-13-18(14-12-16)23-21(25)24(19-8-4-5-9-19)15-17-7-3-6-10-20(17)22/h3,6-7,10-14,19H,2,4-5,8-9,15H2,1H3,(H,23,25). The van der Waals surface area contributed by atoms with Crippen LogP contribution in [0.25, 0.3) is 0 Å². The van der Waals surface area contributed by atoms with Crippen molar-refractivity contribution in [2.45, 2.75) is 51.6 Å². The molecule has 1 aliphatic carbocycles. The molecule has 0 aromatic heterocycles. The summed E-state index contributed by atoms with van der Waals surface area (Å²) in [5.41, 5.74) is 2.98. The maximum atomic E-state index is 14.1. The second kappa shape index (κ2) is 8.43. The Morgan fingerprint density at radius 2 is 1.80 bits per heavy atom. The number of nitrogens with zero attached hydrogens (tertiary/aromatic N) is 1. The summed E-state index contributed by atoms with van der Waals surface area (Å²) in [6.45, 7) is 2.65. The van der Waals surface area contributed by atoms with Crippen molar-refractivity contribution in [3.05, 3.63) is 65.5 Å². The predicted molar refractivity (Wildman–Crippen MR) is 106 cm³/mol. The van der Waals surface area contributed by atoms with Crippen molar-refractivity contribution in [1.82, 2.24) is 4.90 Å². The highest BCUT2D eigenvalue weighted by Crippen LogP contribution is 2.26. The molecular weight excluding hydrogens is 331 g/mol. The summed E-state index contributed by atoms with van der Waals surface area (Å²) in [6, 6.07) is 15.7. The molecule has 0 atom stereocenters. The zero-order chi connectivity index (χ0) is 17.6. The van der Waals surface area contributed by atoms with Gasteiger partial charge in [0, 0.05) is 23.8 Å². The minimum Gasteiger partial charge on any atom is -0.342 e. The SMILES string of the molecule is CCc1ccc(NC(=S)N(Cc2ccccc2F)C2CCCC2)cc1. The van der Waals surface area contributed by atoms with Crippen LogP contribution in [0.1, 0.15) is 43.7 Å². The molecule has 2 aromatic rings. The van der Waals surface area contributed by atoms with Gasteiger partial charge in [-0.15, -0.1) is 0 Å². The number of nitrogens with one attached hydrogen (secondary N) is 1. The Bertz CT molecular complexity index is 708. The van der Waals surface area contributed by atoms with Gasteiger partial charge >= 0.3 is 0 Å². The zero-order valence-electron chi connectivity index (χ0n) is 14.7. The molecule has 2 aromatic carbocycles. The van der Waals surface area contributed by atoms with Crippen LogP contribution < -0.4 is 5.32 Å². The Hall–Kier alpha value is -1.94. The average molecular weight is 357 g/mol. The van der Waals surface area contributed by atoms with Crippen molar-refractivity contribution < 1.29 is 4.39 Å². The van der Waals surface area contributed by atoms with Crippen LogP contribution >= 0.6 is 12.2 Å². The number of thiocarbonyl (C=S) groups is 1. The van der Waals surface area contributed by atoms with E-state index in [9.17, 15) is 4.39 Å². The molecule has 1 N–H and O–H groups in total. The third kappa shape index (κ3) is 4.57. The first kappa shape index (κ1) is 17.9. The Balaban J connectivity index is 1.75. The van der Waals surface area contributed by atoms with Crippen molar-refractivity contribution in [3.63, 3.8) is 0 Å². The minimum atomic E-state index is -0.166. The summed E-state index contributed by atoms with van der Waals surface area (Å²) >= 11 is 5.69. The normalized spacial score (nSPS) is 14.5. The predicted octanol–water partition coefficient (Wildman–Crippen LogP) is 5.53. The largest absolute Gasteiger partial charge is 0.342 e. The van der Waals surface area contributed by atoms with Crippen LogP contribution in [0.15, 0.2) is 48.5 Å². The maximum Gasteiger partial charge on any atom is 0.173 e. The summed E-state index contributed by atoms with van der Waals surface area (Å²) in [7, 11) is 0. The van der Waals surface area contributed by atoms with Gasteiger partial charge in [-0.1, -0.05) is 50.1 Å². The van der Waals surface area contributed by atoms with E-state index in [1.807, 2.05) is 12.1 Å². The molecule has 25 heavy (non-hydrogen) atoms. The fourth-order valence-electron chi connectivity index (χ4n) is 3.41. The van der Waals surface area contributed by atoms with Crippen LogP contribution in [0.5, 0.6) is 0 Å². The Kier molecular flexibility index (Phi) is 6.03. The molecule has 132 valence electrons. The summed E-state index contributed by atoms with van der Waals surface area (Å²) in [4.78, 5) is 2.16. The number of hydrogen-bond acceptors (Lipinski definition) is 1. The van der Waals surface area contributed by atoms with Gasteiger partial charge in [0.2, 0.25) is 0 Å². The quantitative estimate of drug-likeness (QED) is 0.709. The lowest BCUT2D eigenvalue weighted by atomic mass is 10.1. The minimum absolute atomic E-state index is 0.166. The summed E-state index contributed by atoms with van der Waals surface area (Å²) in [6.07, 6.45) is 5.68. The van der Waals surface area contributed by atoms with Gasteiger partial charge in [-0.25, -0.2) is 4.39 Å². The Morgan fingerprint density at radius 3 is 2.44 bits per heavy atom. The fraction of sp³-hybridized carbons (Fsp3) is 0.381. The van der Waals surface area contributed by atoms with Crippen molar-refractivity contribution in [2.24, 2.45) is 0 Å². The highest BCUT2D eigenvalue weighted by atomic mass is 32.1. The smallest absolute Gasteiger partial charge is 0.173 e. The van der Waals surface area contributed by atoms with E-state index in [0.717, 1.165) is 24.9 Å². The molecule has 0 radical (unpaired) electrons. The van der Waals surface area contributed by atoms with Crippen LogP contribution in [0.4, 0.5) is 10.1 Å². The second-order valence-electron chi connectivity index (χ2n) is 6.64. The fourth-order valence-corrected chi connectivity index (χ4v) is 3.74. The number of aryl methyl sites for hydroxylation is 1. The summed E-state index contributed by atoms with van der Waals surface area (Å²) in [5, 5.41) is 4.02. The topological polar surface area (TPSA) is 15.3 Å². The van der Waals surface area contributed by atoms with E-state index >= 15 is 0 Å². The van der Waals surface area contributed by atoms with Crippen LogP contribution in [0.2, 0.25) is 0 Å². The molecule has 0 heterocycles. The molecule has 0 bridgehead atoms. The first-order valence-electron chi connectivity index (χ1n) is 9.07. The number of anilines is 1. The van der Waals surface area contributed by atoms with Gasteiger partial charge in [-0.3, -0.25) is 0 Å². The molecular formula is C21H25FN2S. The van der Waals surface area contributed by atoms with Gasteiger partial charge in [-0.05, 0) is 55.2 Å². The molecule has 1 fully saturated rings. The van der Waals surface area contributed by atoms with Gasteiger partial charge in [0.25, 0.3) is 0 Å². The third-order valence-corrected chi connectivity index (χ3v) is 5.27. The molecule has 0 saturated heterocycles. The van der Waals surface area contributed by atoms with Gasteiger partial charge in [-0.2, -0.15) is 0 Å². The molecule has 1 saturated carbocycles. The van der Waals surface area contributed by atoms with Gasteiger partial charge in [0.1, 0.15) is 5.82 Å². The first-order valence-corrected chi connectivity index (χ1v) is 9.48. The first-order chi connectivity index (χ1) is 12.2. The van der Waals surface area contributed by atoms with Gasteiger partial charge in [0.15, 0.2) is 5.11 Å². The van der Waals surface area contributed by atoms with E-state index in [0.29, 0.717) is 23.3 Å². The van der Waals surface area contributed by atoms with E-state index in [4.69, 9.17) is 12.2 Å². The van der Waals surface area contributed by atoms with E-state index in [1.54, 1.807) is 6.07 Å². The van der Waals surface area contributed by atoms with Crippen molar-refractivity contribution in [3.8, 4) is 0 Å². The molecule has 0 unspecified atom stereocenters. The Morgan fingerprint density at radius 1 is 1.12 bits per heavy atom. The lowest BCUT2D eigenvalue weighted by Crippen LogP contribution is -2.41. The average Bonchev–Trinajstić information content (AvgIpc) is 3.16. The second-order valence-corrected chi connectivity index (χ2v) is 7.02. The van der Waals surface area contributed by atoms with Crippen LogP contribution in [-0.2, 0) is 13.0 Å². The third-order valence-electron chi connectivity index (χ3n) is 4.94. The number of benzene rings is 2. The maximum absolute atomic E-state index is 14.1. The lowest BCUT2D eigenvalue weighted by Gasteiger charge is -2.32. The van der Waals surface area contributed by atoms with Crippen molar-refractivity contribution >= 4 is 23.0 Å². The van der Waals surface area contributed by atoms with E-state index < -0.39 is 0 Å². The number of halogens is 1. The van der Waals surface area contributed by atoms with E-state index in [2.05, 4.69) is 41.4 Å². The van der Waals surface area contributed by atoms with Crippen LogP contribution in [0.3, 0.4) is 0 Å². The van der Waals surface area contributed by atoms with Crippen molar-refractivity contribution in [1.29, 1.82) is 0 Å².